The Hall–Kier alpha value is -3.07. The molecule has 0 unspecified atom stereocenters. The van der Waals surface area contributed by atoms with Gasteiger partial charge in [0.1, 0.15) is 10.6 Å². The van der Waals surface area contributed by atoms with Crippen LogP contribution in [0.3, 0.4) is 0 Å². The lowest BCUT2D eigenvalue weighted by molar-refractivity contribution is 0.0693. The summed E-state index contributed by atoms with van der Waals surface area (Å²) in [7, 11) is 0. The molecular formula is C25H18Cl2FN3O3S. The van der Waals surface area contributed by atoms with E-state index in [1.807, 2.05) is 19.1 Å². The van der Waals surface area contributed by atoms with E-state index in [0.717, 1.165) is 28.9 Å². The quantitative estimate of drug-likeness (QED) is 0.323. The van der Waals surface area contributed by atoms with Crippen LogP contribution in [0.1, 0.15) is 51.0 Å². The summed E-state index contributed by atoms with van der Waals surface area (Å²) in [5.74, 6) is -1.92. The van der Waals surface area contributed by atoms with Gasteiger partial charge >= 0.3 is 5.97 Å². The molecular weight excluding hydrogens is 512 g/mol. The number of carboxylic acid groups (broad SMARTS) is 1. The summed E-state index contributed by atoms with van der Waals surface area (Å²) < 4.78 is 16.1. The van der Waals surface area contributed by atoms with Gasteiger partial charge < -0.3 is 5.11 Å². The normalized spacial score (nSPS) is 16.9. The molecule has 4 aromatic rings. The second kappa shape index (κ2) is 8.86. The number of aromatic carboxylic acids is 1. The number of halogens is 3. The Morgan fingerprint density at radius 2 is 1.94 bits per heavy atom. The number of aryl methyl sites for hydroxylation is 2. The fourth-order valence-electron chi connectivity index (χ4n) is 4.38. The van der Waals surface area contributed by atoms with Crippen LogP contribution in [0.25, 0.3) is 16.3 Å². The molecule has 5 rings (SSSR count). The number of pyridine rings is 3. The summed E-state index contributed by atoms with van der Waals surface area (Å²) in [6, 6.07) is 5.36. The van der Waals surface area contributed by atoms with E-state index in [-0.39, 0.29) is 33.0 Å². The maximum Gasteiger partial charge on any atom is 0.339 e. The summed E-state index contributed by atoms with van der Waals surface area (Å²) in [6.07, 6.45) is 5.73. The van der Waals surface area contributed by atoms with E-state index >= 15 is 0 Å². The van der Waals surface area contributed by atoms with Crippen molar-refractivity contribution in [3.05, 3.63) is 96.3 Å². The number of thiophene rings is 1. The highest BCUT2D eigenvalue weighted by molar-refractivity contribution is 7.13. The molecule has 0 amide bonds. The van der Waals surface area contributed by atoms with Gasteiger partial charge in [0.05, 0.1) is 21.3 Å². The molecule has 178 valence electrons. The van der Waals surface area contributed by atoms with Gasteiger partial charge in [0.25, 0.3) is 5.56 Å². The molecule has 0 aromatic carbocycles. The van der Waals surface area contributed by atoms with Gasteiger partial charge in [0.15, 0.2) is 5.82 Å². The number of aromatic nitrogens is 3. The summed E-state index contributed by atoms with van der Waals surface area (Å²) in [6.45, 7) is 3.60. The highest BCUT2D eigenvalue weighted by Crippen LogP contribution is 2.56. The third-order valence-electron chi connectivity index (χ3n) is 6.21. The van der Waals surface area contributed by atoms with E-state index in [1.54, 1.807) is 25.4 Å². The molecule has 6 nitrogen and oxygen atoms in total. The zero-order valence-corrected chi connectivity index (χ0v) is 20.9. The first-order valence-electron chi connectivity index (χ1n) is 10.7. The highest BCUT2D eigenvalue weighted by Gasteiger charge is 2.42. The minimum Gasteiger partial charge on any atom is -0.478 e. The Labute approximate surface area is 213 Å². The smallest absolute Gasteiger partial charge is 0.339 e. The average Bonchev–Trinajstić information content (AvgIpc) is 3.52. The number of carboxylic acids is 1. The summed E-state index contributed by atoms with van der Waals surface area (Å²) >= 11 is 13.6. The molecule has 4 heterocycles. The van der Waals surface area contributed by atoms with E-state index < -0.39 is 17.3 Å². The van der Waals surface area contributed by atoms with Crippen molar-refractivity contribution in [1.82, 2.24) is 14.5 Å². The molecule has 0 spiro atoms. The summed E-state index contributed by atoms with van der Waals surface area (Å²) in [5, 5.41) is 11.1. The first-order chi connectivity index (χ1) is 16.7. The Bertz CT molecular complexity index is 1570. The maximum absolute atomic E-state index is 14.7. The van der Waals surface area contributed by atoms with Crippen molar-refractivity contribution in [3.8, 4) is 16.3 Å². The summed E-state index contributed by atoms with van der Waals surface area (Å²) in [4.78, 5) is 33.2. The predicted octanol–water partition coefficient (Wildman–Crippen LogP) is 6.39. The molecule has 1 saturated carbocycles. The van der Waals surface area contributed by atoms with E-state index in [0.29, 0.717) is 22.0 Å². The van der Waals surface area contributed by atoms with Crippen molar-refractivity contribution in [2.24, 2.45) is 0 Å². The van der Waals surface area contributed by atoms with Crippen molar-refractivity contribution in [2.75, 3.05) is 0 Å². The third kappa shape index (κ3) is 4.16. The predicted molar refractivity (Wildman–Crippen MR) is 134 cm³/mol. The molecule has 4 aromatic heterocycles. The second-order valence-electron chi connectivity index (χ2n) is 8.53. The molecule has 1 fully saturated rings. The molecule has 1 aliphatic rings. The van der Waals surface area contributed by atoms with Crippen LogP contribution < -0.4 is 5.56 Å². The van der Waals surface area contributed by atoms with Gasteiger partial charge in [-0.3, -0.25) is 19.3 Å². The van der Waals surface area contributed by atoms with Crippen molar-refractivity contribution in [3.63, 3.8) is 0 Å². The Balaban J connectivity index is 1.55. The van der Waals surface area contributed by atoms with E-state index in [2.05, 4.69) is 9.97 Å². The topological polar surface area (TPSA) is 85.1 Å². The number of carbonyl (C=O) groups is 1. The monoisotopic (exact) mass is 529 g/mol. The maximum atomic E-state index is 14.7. The average molecular weight is 530 g/mol. The Morgan fingerprint density at radius 1 is 1.17 bits per heavy atom. The van der Waals surface area contributed by atoms with Crippen LogP contribution in [0.5, 0.6) is 0 Å². The molecule has 0 aliphatic heterocycles. The minimum absolute atomic E-state index is 0.0903. The number of nitrogens with zero attached hydrogens (tertiary/aromatic N) is 3. The highest BCUT2D eigenvalue weighted by atomic mass is 35.5. The lowest BCUT2D eigenvalue weighted by Gasteiger charge is -2.16. The molecule has 0 radical (unpaired) electrons. The lowest BCUT2D eigenvalue weighted by atomic mass is 10.1. The molecule has 1 N–H and O–H groups in total. The van der Waals surface area contributed by atoms with Crippen molar-refractivity contribution < 1.29 is 14.3 Å². The Morgan fingerprint density at radius 3 is 2.63 bits per heavy atom. The van der Waals surface area contributed by atoms with Crippen LogP contribution in [0.2, 0.25) is 10.0 Å². The molecule has 0 bridgehead atoms. The second-order valence-corrected chi connectivity index (χ2v) is 10.2. The van der Waals surface area contributed by atoms with Gasteiger partial charge in [-0.25, -0.2) is 9.18 Å². The fourth-order valence-corrected chi connectivity index (χ4v) is 5.73. The number of rotatable bonds is 5. The zero-order valence-electron chi connectivity index (χ0n) is 18.6. The van der Waals surface area contributed by atoms with E-state index in [4.69, 9.17) is 28.3 Å². The van der Waals surface area contributed by atoms with Crippen LogP contribution >= 0.6 is 34.5 Å². The molecule has 0 saturated heterocycles. The first kappa shape index (κ1) is 23.7. The van der Waals surface area contributed by atoms with Gasteiger partial charge in [-0.2, -0.15) is 0 Å². The first-order valence-corrected chi connectivity index (χ1v) is 12.3. The fraction of sp³-hybridized carbons (Fsp3) is 0.200. The lowest BCUT2D eigenvalue weighted by Crippen LogP contribution is -2.23. The molecule has 2 atom stereocenters. The van der Waals surface area contributed by atoms with Crippen molar-refractivity contribution in [2.45, 2.75) is 32.1 Å². The van der Waals surface area contributed by atoms with Crippen LogP contribution in [-0.4, -0.2) is 25.6 Å². The van der Waals surface area contributed by atoms with Crippen molar-refractivity contribution >= 4 is 40.5 Å². The molecule has 35 heavy (non-hydrogen) atoms. The van der Waals surface area contributed by atoms with Gasteiger partial charge in [-0.1, -0.05) is 23.2 Å². The van der Waals surface area contributed by atoms with Crippen LogP contribution in [0.4, 0.5) is 4.39 Å². The minimum atomic E-state index is -1.35. The Kier molecular flexibility index (Phi) is 5.99. The standard InChI is InChI=1S/C25H18Cl2FN3O3S/c1-11-7-30-19(23-22(28)18(10-35-23)25(33)34)6-20(11)31-12(2)3-17(21(27)24(31)32)16-5-15(16)13-4-14(26)9-29-8-13/h3-4,6-10,15-16H,5H2,1-2H3,(H,33,34)/t15-,16+/m1/s1. The van der Waals surface area contributed by atoms with Gasteiger partial charge in [-0.15, -0.1) is 11.3 Å². The van der Waals surface area contributed by atoms with Gasteiger partial charge in [0.2, 0.25) is 0 Å². The van der Waals surface area contributed by atoms with Crippen LogP contribution in [0, 0.1) is 19.7 Å². The van der Waals surface area contributed by atoms with Gasteiger partial charge in [-0.05, 0) is 67.0 Å². The molecule has 1 aliphatic carbocycles. The SMILES string of the molecule is Cc1cnc(-c2scc(C(=O)O)c2F)cc1-n1c(C)cc([C@H]2C[C@@H]2c2cncc(Cl)c2)c(Cl)c1=O. The summed E-state index contributed by atoms with van der Waals surface area (Å²) in [5.41, 5.74) is 3.09. The van der Waals surface area contributed by atoms with Crippen LogP contribution in [-0.2, 0) is 0 Å². The van der Waals surface area contributed by atoms with E-state index in [9.17, 15) is 14.0 Å². The van der Waals surface area contributed by atoms with Gasteiger partial charge in [0, 0.05) is 29.7 Å². The number of hydrogen-bond donors (Lipinski definition) is 1. The van der Waals surface area contributed by atoms with E-state index in [1.165, 1.54) is 16.1 Å². The third-order valence-corrected chi connectivity index (χ3v) is 7.78. The zero-order chi connectivity index (χ0) is 25.0. The van der Waals surface area contributed by atoms with Crippen LogP contribution in [0.15, 0.2) is 47.0 Å². The largest absolute Gasteiger partial charge is 0.478 e. The van der Waals surface area contributed by atoms with Crippen molar-refractivity contribution in [1.29, 1.82) is 0 Å². The number of hydrogen-bond acceptors (Lipinski definition) is 5. The molecule has 10 heteroatoms.